The normalized spacial score (nSPS) is 9.40. The zero-order valence-corrected chi connectivity index (χ0v) is 8.59. The molecule has 0 bridgehead atoms. The molecule has 0 aliphatic carbocycles. The number of rotatable bonds is 5. The van der Waals surface area contributed by atoms with Gasteiger partial charge in [-0.2, -0.15) is 5.26 Å². The molecule has 0 unspecified atom stereocenters. The summed E-state index contributed by atoms with van der Waals surface area (Å²) in [6, 6.07) is 6.55. The summed E-state index contributed by atoms with van der Waals surface area (Å²) in [5.74, 6) is 0.298. The quantitative estimate of drug-likeness (QED) is 0.756. The van der Waals surface area contributed by atoms with Crippen molar-refractivity contribution in [2.45, 2.75) is 12.8 Å². The third-order valence-corrected chi connectivity index (χ3v) is 1.95. The highest BCUT2D eigenvalue weighted by Crippen LogP contribution is 2.20. The molecule has 0 aliphatic heterocycles. The van der Waals surface area contributed by atoms with E-state index in [2.05, 4.69) is 5.32 Å². The van der Waals surface area contributed by atoms with Crippen LogP contribution >= 0.6 is 0 Å². The lowest BCUT2D eigenvalue weighted by atomic mass is 10.2. The summed E-state index contributed by atoms with van der Waals surface area (Å²) in [5.41, 5.74) is 0.410. The fraction of sp³-hybridized carbons (Fsp3) is 0.364. The summed E-state index contributed by atoms with van der Waals surface area (Å²) in [6.07, 6.45) is 1.17. The predicted molar refractivity (Wildman–Crippen MR) is 56.3 cm³/mol. The summed E-state index contributed by atoms with van der Waals surface area (Å²) in [4.78, 5) is 0. The molecule has 4 heteroatoms. The molecule has 0 atom stereocenters. The van der Waals surface area contributed by atoms with Gasteiger partial charge in [-0.15, -0.1) is 0 Å². The minimum absolute atomic E-state index is 0.312. The second kappa shape index (κ2) is 5.86. The Labute approximate surface area is 88.5 Å². The molecule has 80 valence electrons. The van der Waals surface area contributed by atoms with Crippen molar-refractivity contribution < 1.29 is 9.13 Å². The Kier molecular flexibility index (Phi) is 4.42. The van der Waals surface area contributed by atoms with E-state index in [0.29, 0.717) is 30.8 Å². The molecule has 1 rings (SSSR count). The van der Waals surface area contributed by atoms with Crippen LogP contribution in [0.4, 0.5) is 10.1 Å². The lowest BCUT2D eigenvalue weighted by molar-refractivity contribution is 0.414. The first-order valence-corrected chi connectivity index (χ1v) is 4.72. The second-order valence-electron chi connectivity index (χ2n) is 3.03. The summed E-state index contributed by atoms with van der Waals surface area (Å²) in [7, 11) is 1.53. The minimum Gasteiger partial charge on any atom is -0.497 e. The van der Waals surface area contributed by atoms with Crippen molar-refractivity contribution in [1.82, 2.24) is 0 Å². The van der Waals surface area contributed by atoms with Crippen LogP contribution in [0.15, 0.2) is 18.2 Å². The number of methoxy groups -OCH3 is 1. The van der Waals surface area contributed by atoms with Crippen LogP contribution in [0.25, 0.3) is 0 Å². The number of nitrogens with zero attached hydrogens (tertiary/aromatic N) is 1. The molecule has 0 saturated carbocycles. The first kappa shape index (κ1) is 11.3. The van der Waals surface area contributed by atoms with Crippen LogP contribution in [0.3, 0.4) is 0 Å². The van der Waals surface area contributed by atoms with Crippen LogP contribution < -0.4 is 10.1 Å². The van der Waals surface area contributed by atoms with Gasteiger partial charge in [0.2, 0.25) is 0 Å². The maximum atomic E-state index is 13.2. The topological polar surface area (TPSA) is 45.0 Å². The predicted octanol–water partition coefficient (Wildman–Crippen LogP) is 2.55. The first-order valence-electron chi connectivity index (χ1n) is 4.72. The highest BCUT2D eigenvalue weighted by molar-refractivity contribution is 5.49. The Balaban J connectivity index is 2.56. The number of benzene rings is 1. The standard InChI is InChI=1S/C11H13FN2O/c1-15-9-4-5-10(12)11(8-9)14-7-3-2-6-13/h4-5,8,14H,2-3,7H2,1H3. The minimum atomic E-state index is -0.312. The van der Waals surface area contributed by atoms with Gasteiger partial charge in [-0.3, -0.25) is 0 Å². The van der Waals surface area contributed by atoms with Crippen LogP contribution in [0, 0.1) is 17.1 Å². The number of halogens is 1. The molecule has 0 radical (unpaired) electrons. The van der Waals surface area contributed by atoms with E-state index in [-0.39, 0.29) is 5.82 Å². The molecular weight excluding hydrogens is 195 g/mol. The lowest BCUT2D eigenvalue weighted by Gasteiger charge is -2.08. The lowest BCUT2D eigenvalue weighted by Crippen LogP contribution is -2.03. The van der Waals surface area contributed by atoms with Gasteiger partial charge in [0, 0.05) is 19.0 Å². The summed E-state index contributed by atoms with van der Waals surface area (Å²) in [6.45, 7) is 0.581. The Morgan fingerprint density at radius 2 is 2.33 bits per heavy atom. The van der Waals surface area contributed by atoms with Crippen LogP contribution in [-0.4, -0.2) is 13.7 Å². The zero-order valence-electron chi connectivity index (χ0n) is 8.59. The Hall–Kier alpha value is -1.76. The molecule has 1 aromatic carbocycles. The van der Waals surface area contributed by atoms with Gasteiger partial charge in [0.1, 0.15) is 11.6 Å². The molecule has 0 aliphatic rings. The molecule has 15 heavy (non-hydrogen) atoms. The highest BCUT2D eigenvalue weighted by Gasteiger charge is 2.02. The molecule has 0 aromatic heterocycles. The largest absolute Gasteiger partial charge is 0.497 e. The Bertz CT molecular complexity index is 360. The van der Waals surface area contributed by atoms with Gasteiger partial charge in [-0.25, -0.2) is 4.39 Å². The van der Waals surface area contributed by atoms with Crippen LogP contribution in [-0.2, 0) is 0 Å². The van der Waals surface area contributed by atoms with Gasteiger partial charge < -0.3 is 10.1 Å². The van der Waals surface area contributed by atoms with E-state index in [1.54, 1.807) is 12.1 Å². The van der Waals surface area contributed by atoms with E-state index in [1.165, 1.54) is 13.2 Å². The van der Waals surface area contributed by atoms with Crippen molar-refractivity contribution in [3.63, 3.8) is 0 Å². The van der Waals surface area contributed by atoms with E-state index in [4.69, 9.17) is 10.00 Å². The molecule has 0 spiro atoms. The molecule has 0 saturated heterocycles. The third-order valence-electron chi connectivity index (χ3n) is 1.95. The number of unbranched alkanes of at least 4 members (excludes halogenated alkanes) is 1. The van der Waals surface area contributed by atoms with E-state index in [9.17, 15) is 4.39 Å². The number of ether oxygens (including phenoxy) is 1. The second-order valence-corrected chi connectivity index (χ2v) is 3.03. The van der Waals surface area contributed by atoms with Gasteiger partial charge in [-0.1, -0.05) is 0 Å². The molecule has 1 aromatic rings. The van der Waals surface area contributed by atoms with Crippen molar-refractivity contribution in [2.24, 2.45) is 0 Å². The van der Waals surface area contributed by atoms with Gasteiger partial charge in [0.25, 0.3) is 0 Å². The van der Waals surface area contributed by atoms with Crippen molar-refractivity contribution >= 4 is 5.69 Å². The van der Waals surface area contributed by atoms with Crippen LogP contribution in [0.2, 0.25) is 0 Å². The van der Waals surface area contributed by atoms with Gasteiger partial charge in [0.05, 0.1) is 18.9 Å². The van der Waals surface area contributed by atoms with Gasteiger partial charge in [0.15, 0.2) is 0 Å². The molecule has 0 amide bonds. The third kappa shape index (κ3) is 3.47. The van der Waals surface area contributed by atoms with E-state index >= 15 is 0 Å². The van der Waals surface area contributed by atoms with Gasteiger partial charge >= 0.3 is 0 Å². The van der Waals surface area contributed by atoms with Crippen molar-refractivity contribution in [3.05, 3.63) is 24.0 Å². The monoisotopic (exact) mass is 208 g/mol. The van der Waals surface area contributed by atoms with Crippen molar-refractivity contribution in [2.75, 3.05) is 19.0 Å². The van der Waals surface area contributed by atoms with E-state index in [1.807, 2.05) is 6.07 Å². The van der Waals surface area contributed by atoms with Gasteiger partial charge in [-0.05, 0) is 18.6 Å². The molecule has 0 fully saturated rings. The first-order chi connectivity index (χ1) is 7.27. The Morgan fingerprint density at radius 3 is 3.00 bits per heavy atom. The highest BCUT2D eigenvalue weighted by atomic mass is 19.1. The molecule has 0 heterocycles. The summed E-state index contributed by atoms with van der Waals surface area (Å²) >= 11 is 0. The maximum absolute atomic E-state index is 13.2. The number of hydrogen-bond acceptors (Lipinski definition) is 3. The average molecular weight is 208 g/mol. The van der Waals surface area contributed by atoms with E-state index in [0.717, 1.165) is 0 Å². The number of nitriles is 1. The molecule has 3 nitrogen and oxygen atoms in total. The number of nitrogens with one attached hydrogen (secondary N) is 1. The fourth-order valence-corrected chi connectivity index (χ4v) is 1.16. The van der Waals surface area contributed by atoms with Crippen molar-refractivity contribution in [1.29, 1.82) is 5.26 Å². The SMILES string of the molecule is COc1ccc(F)c(NCCCC#N)c1. The molecular formula is C11H13FN2O. The van der Waals surface area contributed by atoms with Crippen molar-refractivity contribution in [3.8, 4) is 11.8 Å². The summed E-state index contributed by atoms with van der Waals surface area (Å²) < 4.78 is 18.2. The fourth-order valence-electron chi connectivity index (χ4n) is 1.16. The Morgan fingerprint density at radius 1 is 1.53 bits per heavy atom. The number of hydrogen-bond donors (Lipinski definition) is 1. The van der Waals surface area contributed by atoms with E-state index < -0.39 is 0 Å². The smallest absolute Gasteiger partial charge is 0.146 e. The summed E-state index contributed by atoms with van der Waals surface area (Å²) in [5, 5.41) is 11.2. The average Bonchev–Trinajstić information content (AvgIpc) is 2.26. The van der Waals surface area contributed by atoms with Crippen LogP contribution in [0.1, 0.15) is 12.8 Å². The maximum Gasteiger partial charge on any atom is 0.146 e. The molecule has 1 N–H and O–H groups in total. The number of anilines is 1. The van der Waals surface area contributed by atoms with Crippen LogP contribution in [0.5, 0.6) is 5.75 Å². The zero-order chi connectivity index (χ0) is 11.1.